The number of carbonyl (C=O) groups excluding carboxylic acids is 1. The van der Waals surface area contributed by atoms with Gasteiger partial charge in [0, 0.05) is 19.5 Å². The predicted octanol–water partition coefficient (Wildman–Crippen LogP) is -0.290. The van der Waals surface area contributed by atoms with Crippen molar-refractivity contribution in [1.29, 1.82) is 0 Å². The molecule has 0 aliphatic carbocycles. The average Bonchev–Trinajstić information content (AvgIpc) is 2.15. The number of hydrogen-bond acceptors (Lipinski definition) is 3. The van der Waals surface area contributed by atoms with Gasteiger partial charge in [0.05, 0.1) is 19.6 Å². The summed E-state index contributed by atoms with van der Waals surface area (Å²) in [6, 6.07) is 0. The Morgan fingerprint density at radius 3 is 2.38 bits per heavy atom. The number of hydrogen-bond donors (Lipinski definition) is 1. The monoisotopic (exact) mass is 187 g/mol. The number of carbonyl (C=O) groups is 2. The van der Waals surface area contributed by atoms with E-state index in [0.717, 1.165) is 0 Å². The molecule has 1 fully saturated rings. The van der Waals surface area contributed by atoms with E-state index in [1.165, 1.54) is 0 Å². The molecule has 0 aromatic heterocycles. The molecule has 1 rings (SSSR count). The molecular weight excluding hydrogens is 174 g/mol. The van der Waals surface area contributed by atoms with Gasteiger partial charge in [-0.2, -0.15) is 0 Å². The van der Waals surface area contributed by atoms with E-state index in [-0.39, 0.29) is 18.7 Å². The minimum absolute atomic E-state index is 0.0871. The Kier molecular flexibility index (Phi) is 3.70. The van der Waals surface area contributed by atoms with Crippen LogP contribution in [-0.4, -0.2) is 48.2 Å². The van der Waals surface area contributed by atoms with Gasteiger partial charge in [-0.15, -0.1) is 0 Å². The number of rotatable bonds is 3. The highest BCUT2D eigenvalue weighted by molar-refractivity contribution is 5.80. The summed E-state index contributed by atoms with van der Waals surface area (Å²) in [5, 5.41) is 8.37. The minimum Gasteiger partial charge on any atom is -0.481 e. The molecule has 1 saturated heterocycles. The van der Waals surface area contributed by atoms with Crippen LogP contribution in [0.1, 0.15) is 12.8 Å². The number of carboxylic acid groups (broad SMARTS) is 1. The molecule has 1 aliphatic heterocycles. The fraction of sp³-hybridized carbons (Fsp3) is 0.750. The van der Waals surface area contributed by atoms with Crippen LogP contribution in [0.2, 0.25) is 0 Å². The van der Waals surface area contributed by atoms with Crippen LogP contribution < -0.4 is 0 Å². The fourth-order valence-corrected chi connectivity index (χ4v) is 1.18. The first-order chi connectivity index (χ1) is 6.20. The van der Waals surface area contributed by atoms with Crippen LogP contribution >= 0.6 is 0 Å². The minimum atomic E-state index is -0.929. The van der Waals surface area contributed by atoms with Crippen molar-refractivity contribution in [3.63, 3.8) is 0 Å². The molecule has 1 aliphatic rings. The number of carboxylic acids is 1. The lowest BCUT2D eigenvalue weighted by Gasteiger charge is -2.26. The number of morpholine rings is 1. The summed E-state index contributed by atoms with van der Waals surface area (Å²) < 4.78 is 5.07. The average molecular weight is 187 g/mol. The molecule has 5 nitrogen and oxygen atoms in total. The lowest BCUT2D eigenvalue weighted by molar-refractivity contribution is -0.142. The maximum Gasteiger partial charge on any atom is 0.303 e. The van der Waals surface area contributed by atoms with Gasteiger partial charge < -0.3 is 14.7 Å². The van der Waals surface area contributed by atoms with E-state index in [9.17, 15) is 9.59 Å². The van der Waals surface area contributed by atoms with Crippen LogP contribution in [-0.2, 0) is 14.3 Å². The Bertz CT molecular complexity index is 198. The molecule has 0 radical (unpaired) electrons. The van der Waals surface area contributed by atoms with E-state index in [0.29, 0.717) is 26.3 Å². The molecule has 0 atom stereocenters. The first-order valence-electron chi connectivity index (χ1n) is 4.27. The van der Waals surface area contributed by atoms with E-state index >= 15 is 0 Å². The summed E-state index contributed by atoms with van der Waals surface area (Å²) in [4.78, 5) is 23.1. The number of ether oxygens (including phenoxy) is 1. The van der Waals surface area contributed by atoms with Gasteiger partial charge in [-0.25, -0.2) is 0 Å². The van der Waals surface area contributed by atoms with Gasteiger partial charge in [-0.1, -0.05) is 0 Å². The lowest BCUT2D eigenvalue weighted by atomic mass is 10.2. The molecule has 5 heteroatoms. The first-order valence-corrected chi connectivity index (χ1v) is 4.27. The van der Waals surface area contributed by atoms with Crippen molar-refractivity contribution < 1.29 is 19.4 Å². The molecule has 0 aromatic rings. The van der Waals surface area contributed by atoms with Crippen LogP contribution in [0.3, 0.4) is 0 Å². The predicted molar refractivity (Wildman–Crippen MR) is 44.3 cm³/mol. The number of aliphatic carboxylic acids is 1. The third kappa shape index (κ3) is 3.42. The Morgan fingerprint density at radius 1 is 1.23 bits per heavy atom. The van der Waals surface area contributed by atoms with Gasteiger partial charge in [0.1, 0.15) is 0 Å². The van der Waals surface area contributed by atoms with Gasteiger partial charge in [0.25, 0.3) is 0 Å². The first kappa shape index (κ1) is 9.98. The van der Waals surface area contributed by atoms with Crippen molar-refractivity contribution in [2.24, 2.45) is 0 Å². The van der Waals surface area contributed by atoms with Crippen molar-refractivity contribution in [3.8, 4) is 0 Å². The van der Waals surface area contributed by atoms with E-state index in [1.54, 1.807) is 4.90 Å². The van der Waals surface area contributed by atoms with Crippen LogP contribution in [0, 0.1) is 0 Å². The third-order valence-electron chi connectivity index (χ3n) is 1.92. The van der Waals surface area contributed by atoms with Gasteiger partial charge in [-0.3, -0.25) is 9.59 Å². The van der Waals surface area contributed by atoms with Gasteiger partial charge >= 0.3 is 5.97 Å². The Hall–Kier alpha value is -1.10. The third-order valence-corrected chi connectivity index (χ3v) is 1.92. The van der Waals surface area contributed by atoms with Crippen LogP contribution in [0.15, 0.2) is 0 Å². The molecule has 0 unspecified atom stereocenters. The van der Waals surface area contributed by atoms with Crippen molar-refractivity contribution in [3.05, 3.63) is 0 Å². The lowest BCUT2D eigenvalue weighted by Crippen LogP contribution is -2.40. The Morgan fingerprint density at radius 2 is 1.85 bits per heavy atom. The van der Waals surface area contributed by atoms with Crippen molar-refractivity contribution >= 4 is 11.9 Å². The maximum absolute atomic E-state index is 11.3. The smallest absolute Gasteiger partial charge is 0.303 e. The van der Waals surface area contributed by atoms with Crippen LogP contribution in [0.5, 0.6) is 0 Å². The summed E-state index contributed by atoms with van der Waals surface area (Å²) in [7, 11) is 0. The van der Waals surface area contributed by atoms with Gasteiger partial charge in [-0.05, 0) is 0 Å². The van der Waals surface area contributed by atoms with E-state index < -0.39 is 5.97 Å². The van der Waals surface area contributed by atoms with Crippen molar-refractivity contribution in [2.75, 3.05) is 26.3 Å². The largest absolute Gasteiger partial charge is 0.481 e. The van der Waals surface area contributed by atoms with Crippen LogP contribution in [0.25, 0.3) is 0 Å². The maximum atomic E-state index is 11.3. The summed E-state index contributed by atoms with van der Waals surface area (Å²) in [5.41, 5.74) is 0. The molecule has 0 aromatic carbocycles. The second-order valence-corrected chi connectivity index (χ2v) is 2.89. The highest BCUT2D eigenvalue weighted by atomic mass is 16.5. The molecule has 1 heterocycles. The van der Waals surface area contributed by atoms with Gasteiger partial charge in [0.2, 0.25) is 5.91 Å². The molecule has 0 spiro atoms. The zero-order chi connectivity index (χ0) is 9.68. The Labute approximate surface area is 76.3 Å². The SMILES string of the molecule is O=C(O)CCC(=O)N1CCOCC1. The van der Waals surface area contributed by atoms with E-state index in [4.69, 9.17) is 9.84 Å². The molecule has 74 valence electrons. The molecule has 0 bridgehead atoms. The molecule has 13 heavy (non-hydrogen) atoms. The zero-order valence-electron chi connectivity index (χ0n) is 7.36. The highest BCUT2D eigenvalue weighted by Crippen LogP contribution is 2.01. The highest BCUT2D eigenvalue weighted by Gasteiger charge is 2.16. The topological polar surface area (TPSA) is 66.8 Å². The summed E-state index contributed by atoms with van der Waals surface area (Å²) in [5.74, 6) is -1.02. The van der Waals surface area contributed by atoms with Crippen LogP contribution in [0.4, 0.5) is 0 Å². The normalized spacial score (nSPS) is 17.1. The zero-order valence-corrected chi connectivity index (χ0v) is 7.36. The quantitative estimate of drug-likeness (QED) is 0.659. The summed E-state index contributed by atoms with van der Waals surface area (Å²) >= 11 is 0. The molecule has 1 amide bonds. The summed E-state index contributed by atoms with van der Waals surface area (Å²) in [6.45, 7) is 2.27. The number of amides is 1. The van der Waals surface area contributed by atoms with E-state index in [1.807, 2.05) is 0 Å². The Balaban J connectivity index is 2.25. The molecular formula is C8H13NO4. The summed E-state index contributed by atoms with van der Waals surface area (Å²) in [6.07, 6.45) is 0.00548. The second kappa shape index (κ2) is 4.81. The van der Waals surface area contributed by atoms with Crippen molar-refractivity contribution in [2.45, 2.75) is 12.8 Å². The standard InChI is InChI=1S/C8H13NO4/c10-7(1-2-8(11)12)9-3-5-13-6-4-9/h1-6H2,(H,11,12). The van der Waals surface area contributed by atoms with Crippen molar-refractivity contribution in [1.82, 2.24) is 4.90 Å². The number of nitrogens with zero attached hydrogens (tertiary/aromatic N) is 1. The molecule has 0 saturated carbocycles. The van der Waals surface area contributed by atoms with E-state index in [2.05, 4.69) is 0 Å². The second-order valence-electron chi connectivity index (χ2n) is 2.89. The fourth-order valence-electron chi connectivity index (χ4n) is 1.18. The molecule has 1 N–H and O–H groups in total. The van der Waals surface area contributed by atoms with Gasteiger partial charge in [0.15, 0.2) is 0 Å².